The van der Waals surface area contributed by atoms with Crippen molar-refractivity contribution in [3.63, 3.8) is 0 Å². The molecule has 4 N–H and O–H groups in total. The molecule has 0 amide bonds. The van der Waals surface area contributed by atoms with Crippen LogP contribution in [0.1, 0.15) is 49.3 Å². The maximum absolute atomic E-state index is 8.71. The summed E-state index contributed by atoms with van der Waals surface area (Å²) in [6, 6.07) is 5.93. The zero-order chi connectivity index (χ0) is 15.2. The maximum atomic E-state index is 8.71. The van der Waals surface area contributed by atoms with Crippen molar-refractivity contribution in [1.82, 2.24) is 5.32 Å². The minimum Gasteiger partial charge on any atom is -0.409 e. The average Bonchev–Trinajstić information content (AvgIpc) is 2.50. The van der Waals surface area contributed by atoms with E-state index in [1.807, 2.05) is 12.1 Å². The minimum atomic E-state index is 0.161. The molecule has 116 valence electrons. The van der Waals surface area contributed by atoms with Crippen LogP contribution in [0, 0.1) is 18.8 Å². The largest absolute Gasteiger partial charge is 0.409 e. The van der Waals surface area contributed by atoms with Crippen molar-refractivity contribution in [2.45, 2.75) is 46.1 Å². The van der Waals surface area contributed by atoms with Crippen LogP contribution in [0.4, 0.5) is 0 Å². The first-order valence-electron chi connectivity index (χ1n) is 7.90. The molecule has 0 heterocycles. The molecule has 2 atom stereocenters. The van der Waals surface area contributed by atoms with Crippen LogP contribution in [0.2, 0.25) is 0 Å². The lowest BCUT2D eigenvalue weighted by atomic mass is 9.80. The first-order valence-corrected chi connectivity index (χ1v) is 7.90. The first-order chi connectivity index (χ1) is 10.1. The average molecular weight is 289 g/mol. The fraction of sp³-hybridized carbons (Fsp3) is 0.588. The van der Waals surface area contributed by atoms with Gasteiger partial charge in [-0.25, -0.2) is 0 Å². The molecule has 1 aromatic carbocycles. The highest BCUT2D eigenvalue weighted by atomic mass is 16.4. The Morgan fingerprint density at radius 1 is 1.38 bits per heavy atom. The van der Waals surface area contributed by atoms with Gasteiger partial charge in [0, 0.05) is 12.1 Å². The van der Waals surface area contributed by atoms with Gasteiger partial charge in [0.2, 0.25) is 0 Å². The third-order valence-corrected chi connectivity index (χ3v) is 4.76. The molecule has 1 fully saturated rings. The highest BCUT2D eigenvalue weighted by molar-refractivity contribution is 5.97. The van der Waals surface area contributed by atoms with Gasteiger partial charge in [-0.15, -0.1) is 0 Å². The van der Waals surface area contributed by atoms with E-state index in [2.05, 4.69) is 30.4 Å². The van der Waals surface area contributed by atoms with Crippen molar-refractivity contribution in [2.24, 2.45) is 22.7 Å². The number of nitrogens with one attached hydrogen (secondary N) is 1. The van der Waals surface area contributed by atoms with Crippen molar-refractivity contribution < 1.29 is 5.21 Å². The second kappa shape index (κ2) is 7.46. The molecule has 0 saturated heterocycles. The highest BCUT2D eigenvalue weighted by Crippen LogP contribution is 2.28. The van der Waals surface area contributed by atoms with Gasteiger partial charge in [0.25, 0.3) is 0 Å². The highest BCUT2D eigenvalue weighted by Gasteiger charge is 2.20. The number of aryl methyl sites for hydroxylation is 1. The van der Waals surface area contributed by atoms with Gasteiger partial charge in [-0.05, 0) is 48.9 Å². The van der Waals surface area contributed by atoms with Gasteiger partial charge in [0.05, 0.1) is 0 Å². The van der Waals surface area contributed by atoms with Crippen LogP contribution in [-0.4, -0.2) is 17.6 Å². The van der Waals surface area contributed by atoms with E-state index in [0.29, 0.717) is 0 Å². The molecule has 4 heteroatoms. The predicted octanol–water partition coefficient (Wildman–Crippen LogP) is 3.01. The Balaban J connectivity index is 1.88. The summed E-state index contributed by atoms with van der Waals surface area (Å²) < 4.78 is 0. The molecule has 1 aromatic rings. The Morgan fingerprint density at radius 3 is 2.81 bits per heavy atom. The normalized spacial score (nSPS) is 23.2. The Kier molecular flexibility index (Phi) is 5.62. The summed E-state index contributed by atoms with van der Waals surface area (Å²) in [5.74, 6) is 1.82. The number of hydrogen-bond acceptors (Lipinski definition) is 3. The van der Waals surface area contributed by atoms with Crippen LogP contribution in [-0.2, 0) is 6.54 Å². The summed E-state index contributed by atoms with van der Waals surface area (Å²) in [5, 5.41) is 15.3. The molecule has 1 aliphatic rings. The molecule has 1 saturated carbocycles. The number of rotatable bonds is 5. The van der Waals surface area contributed by atoms with E-state index in [4.69, 9.17) is 10.9 Å². The summed E-state index contributed by atoms with van der Waals surface area (Å²) in [5.41, 5.74) is 8.82. The van der Waals surface area contributed by atoms with E-state index in [1.54, 1.807) is 0 Å². The van der Waals surface area contributed by atoms with Crippen LogP contribution in [0.15, 0.2) is 23.4 Å². The molecule has 0 spiro atoms. The van der Waals surface area contributed by atoms with Crippen LogP contribution < -0.4 is 11.1 Å². The second-order valence-electron chi connectivity index (χ2n) is 6.28. The molecule has 0 aromatic heterocycles. The summed E-state index contributed by atoms with van der Waals surface area (Å²) in [4.78, 5) is 0. The number of oxime groups is 1. The van der Waals surface area contributed by atoms with Crippen molar-refractivity contribution >= 4 is 5.84 Å². The number of hydrogen-bond donors (Lipinski definition) is 3. The van der Waals surface area contributed by atoms with Gasteiger partial charge in [0.1, 0.15) is 0 Å². The molecule has 0 aliphatic heterocycles. The standard InChI is InChI=1S/C17H27N3O/c1-12-5-3-4-6-15(12)10-19-11-16-8-7-14(9-13(16)2)17(18)20-21/h7-9,12,15,19,21H,3-6,10-11H2,1-2H3,(H2,18,20). The number of nitrogens with zero attached hydrogens (tertiary/aromatic N) is 1. The molecular formula is C17H27N3O. The fourth-order valence-electron chi connectivity index (χ4n) is 3.20. The van der Waals surface area contributed by atoms with Gasteiger partial charge in [-0.1, -0.05) is 43.5 Å². The maximum Gasteiger partial charge on any atom is 0.170 e. The summed E-state index contributed by atoms with van der Waals surface area (Å²) in [6.07, 6.45) is 5.51. The summed E-state index contributed by atoms with van der Waals surface area (Å²) in [6.45, 7) is 6.42. The van der Waals surface area contributed by atoms with Crippen LogP contribution >= 0.6 is 0 Å². The van der Waals surface area contributed by atoms with Gasteiger partial charge in [-0.2, -0.15) is 0 Å². The number of nitrogens with two attached hydrogens (primary N) is 1. The third kappa shape index (κ3) is 4.21. The van der Waals surface area contributed by atoms with E-state index in [-0.39, 0.29) is 5.84 Å². The summed E-state index contributed by atoms with van der Waals surface area (Å²) >= 11 is 0. The SMILES string of the molecule is Cc1cc(/C(N)=N/O)ccc1CNCC1CCCCC1C. The lowest BCUT2D eigenvalue weighted by Crippen LogP contribution is -2.29. The molecule has 21 heavy (non-hydrogen) atoms. The zero-order valence-electron chi connectivity index (χ0n) is 13.1. The topological polar surface area (TPSA) is 70.6 Å². The van der Waals surface area contributed by atoms with E-state index in [0.717, 1.165) is 30.5 Å². The van der Waals surface area contributed by atoms with Crippen molar-refractivity contribution in [3.8, 4) is 0 Å². The molecule has 0 radical (unpaired) electrons. The second-order valence-corrected chi connectivity index (χ2v) is 6.28. The van der Waals surface area contributed by atoms with Gasteiger partial charge in [-0.3, -0.25) is 0 Å². The Bertz CT molecular complexity index is 499. The van der Waals surface area contributed by atoms with Crippen LogP contribution in [0.3, 0.4) is 0 Å². The quantitative estimate of drug-likeness (QED) is 0.338. The van der Waals surface area contributed by atoms with E-state index < -0.39 is 0 Å². The van der Waals surface area contributed by atoms with E-state index in [1.165, 1.54) is 36.8 Å². The fourth-order valence-corrected chi connectivity index (χ4v) is 3.20. The molecule has 2 unspecified atom stereocenters. The minimum absolute atomic E-state index is 0.161. The lowest BCUT2D eigenvalue weighted by Gasteiger charge is -2.29. The predicted molar refractivity (Wildman–Crippen MR) is 86.5 cm³/mol. The molecule has 1 aliphatic carbocycles. The molecule has 2 rings (SSSR count). The van der Waals surface area contributed by atoms with E-state index in [9.17, 15) is 0 Å². The Morgan fingerprint density at radius 2 is 2.14 bits per heavy atom. The number of amidine groups is 1. The van der Waals surface area contributed by atoms with Crippen molar-refractivity contribution in [1.29, 1.82) is 0 Å². The summed E-state index contributed by atoms with van der Waals surface area (Å²) in [7, 11) is 0. The van der Waals surface area contributed by atoms with E-state index >= 15 is 0 Å². The van der Waals surface area contributed by atoms with Gasteiger partial charge >= 0.3 is 0 Å². The Hall–Kier alpha value is -1.55. The molecule has 4 nitrogen and oxygen atoms in total. The van der Waals surface area contributed by atoms with Crippen molar-refractivity contribution in [2.75, 3.05) is 6.54 Å². The first kappa shape index (κ1) is 15.8. The smallest absolute Gasteiger partial charge is 0.170 e. The third-order valence-electron chi connectivity index (χ3n) is 4.76. The molecule has 0 bridgehead atoms. The van der Waals surface area contributed by atoms with Crippen molar-refractivity contribution in [3.05, 3.63) is 34.9 Å². The van der Waals surface area contributed by atoms with Crippen LogP contribution in [0.25, 0.3) is 0 Å². The Labute approximate surface area is 127 Å². The number of benzene rings is 1. The monoisotopic (exact) mass is 289 g/mol. The lowest BCUT2D eigenvalue weighted by molar-refractivity contribution is 0.247. The van der Waals surface area contributed by atoms with Gasteiger partial charge in [0.15, 0.2) is 5.84 Å². The van der Waals surface area contributed by atoms with Gasteiger partial charge < -0.3 is 16.3 Å². The zero-order valence-corrected chi connectivity index (χ0v) is 13.1. The van der Waals surface area contributed by atoms with Crippen LogP contribution in [0.5, 0.6) is 0 Å². The molecular weight excluding hydrogens is 262 g/mol.